The van der Waals surface area contributed by atoms with E-state index in [9.17, 15) is 18.4 Å². The second kappa shape index (κ2) is 11.0. The molecule has 0 bridgehead atoms. The highest BCUT2D eigenvalue weighted by Gasteiger charge is 2.22. The Labute approximate surface area is 226 Å². The molecule has 0 saturated heterocycles. The molecule has 0 saturated carbocycles. The van der Waals surface area contributed by atoms with Crippen LogP contribution in [0.15, 0.2) is 79.3 Å². The Bertz CT molecular complexity index is 1690. The van der Waals surface area contributed by atoms with E-state index in [2.05, 4.69) is 20.3 Å². The number of carbonyl (C=O) groups excluding carboxylic acids is 2. The number of nitrogens with zero attached hydrogens (tertiary/aromatic N) is 4. The Morgan fingerprint density at radius 1 is 1.03 bits per heavy atom. The van der Waals surface area contributed by atoms with Gasteiger partial charge in [-0.15, -0.1) is 0 Å². The molecule has 2 amide bonds. The Morgan fingerprint density at radius 2 is 1.82 bits per heavy atom. The number of benzene rings is 2. The number of rotatable bonds is 8. The molecule has 0 fully saturated rings. The number of amides is 2. The van der Waals surface area contributed by atoms with Crippen molar-refractivity contribution >= 4 is 34.4 Å². The van der Waals surface area contributed by atoms with E-state index in [0.29, 0.717) is 39.0 Å². The van der Waals surface area contributed by atoms with Crippen LogP contribution in [0.3, 0.4) is 0 Å². The maximum Gasteiger partial charge on any atom is 0.248 e. The molecule has 0 radical (unpaired) electrons. The van der Waals surface area contributed by atoms with Crippen molar-refractivity contribution in [3.8, 4) is 11.1 Å². The fraction of sp³-hybridized carbons (Fsp3) is 0.107. The van der Waals surface area contributed by atoms with Gasteiger partial charge in [-0.25, -0.2) is 13.8 Å². The number of halogens is 3. The number of nitrogens with one attached hydrogen (secondary N) is 1. The quantitative estimate of drug-likeness (QED) is 0.275. The summed E-state index contributed by atoms with van der Waals surface area (Å²) in [6.07, 6.45) is 4.84. The van der Waals surface area contributed by atoms with Crippen LogP contribution in [-0.4, -0.2) is 31.3 Å². The van der Waals surface area contributed by atoms with Gasteiger partial charge in [-0.2, -0.15) is 4.98 Å². The molecule has 0 aliphatic carbocycles. The molecule has 5 aromatic rings. The van der Waals surface area contributed by atoms with Crippen LogP contribution in [0.2, 0.25) is 5.28 Å². The highest BCUT2D eigenvalue weighted by atomic mass is 35.5. The lowest BCUT2D eigenvalue weighted by molar-refractivity contribution is -0.122. The molecule has 0 spiro atoms. The molecule has 196 valence electrons. The van der Waals surface area contributed by atoms with E-state index in [1.807, 2.05) is 0 Å². The number of aromatic nitrogens is 4. The van der Waals surface area contributed by atoms with Crippen molar-refractivity contribution in [1.82, 2.24) is 24.8 Å². The number of hydrogen-bond acceptors (Lipinski definition) is 5. The van der Waals surface area contributed by atoms with Gasteiger partial charge in [0.05, 0.1) is 11.7 Å². The SMILES string of the molecule is NC(=O)c1cccc(-c2cccnc2[C@H](Cc2cc(F)cc(F)c2)NC(=O)Cn2ccc3cnc(Cl)nc32)c1. The largest absolute Gasteiger partial charge is 0.366 e. The molecule has 1 atom stereocenters. The number of nitrogens with two attached hydrogens (primary N) is 1. The van der Waals surface area contributed by atoms with E-state index in [1.54, 1.807) is 65.6 Å². The lowest BCUT2D eigenvalue weighted by Crippen LogP contribution is -2.33. The monoisotopic (exact) mass is 546 g/mol. The van der Waals surface area contributed by atoms with Gasteiger partial charge >= 0.3 is 0 Å². The van der Waals surface area contributed by atoms with Crippen LogP contribution in [0, 0.1) is 11.6 Å². The zero-order valence-electron chi connectivity index (χ0n) is 20.3. The zero-order valence-corrected chi connectivity index (χ0v) is 21.1. The van der Waals surface area contributed by atoms with Gasteiger partial charge in [-0.1, -0.05) is 18.2 Å². The summed E-state index contributed by atoms with van der Waals surface area (Å²) in [6, 6.07) is 14.3. The highest BCUT2D eigenvalue weighted by Crippen LogP contribution is 2.30. The minimum absolute atomic E-state index is 0.0420. The minimum Gasteiger partial charge on any atom is -0.366 e. The first-order valence-electron chi connectivity index (χ1n) is 11.8. The van der Waals surface area contributed by atoms with Gasteiger partial charge in [-0.3, -0.25) is 14.6 Å². The second-order valence-electron chi connectivity index (χ2n) is 8.84. The maximum atomic E-state index is 14.0. The van der Waals surface area contributed by atoms with E-state index in [4.69, 9.17) is 17.3 Å². The molecule has 0 aliphatic rings. The van der Waals surface area contributed by atoms with Crippen LogP contribution in [0.1, 0.15) is 27.7 Å². The first kappa shape index (κ1) is 25.9. The summed E-state index contributed by atoms with van der Waals surface area (Å²) in [5.74, 6) is -2.46. The van der Waals surface area contributed by atoms with Gasteiger partial charge in [0.25, 0.3) is 0 Å². The summed E-state index contributed by atoms with van der Waals surface area (Å²) in [5, 5.41) is 3.71. The number of hydrogen-bond donors (Lipinski definition) is 2. The number of carbonyl (C=O) groups is 2. The van der Waals surface area contributed by atoms with Crippen molar-refractivity contribution in [3.05, 3.63) is 113 Å². The lowest BCUT2D eigenvalue weighted by atomic mass is 9.94. The average molecular weight is 547 g/mol. The van der Waals surface area contributed by atoms with Gasteiger partial charge in [-0.05, 0) is 65.5 Å². The Morgan fingerprint density at radius 3 is 2.59 bits per heavy atom. The predicted molar refractivity (Wildman–Crippen MR) is 142 cm³/mol. The minimum atomic E-state index is -0.785. The normalized spacial score (nSPS) is 11.9. The molecular weight excluding hydrogens is 526 g/mol. The third kappa shape index (κ3) is 5.91. The van der Waals surface area contributed by atoms with Crippen molar-refractivity contribution in [2.24, 2.45) is 5.73 Å². The smallest absolute Gasteiger partial charge is 0.248 e. The summed E-state index contributed by atoms with van der Waals surface area (Å²) in [4.78, 5) is 37.7. The second-order valence-corrected chi connectivity index (χ2v) is 9.18. The van der Waals surface area contributed by atoms with Gasteiger partial charge in [0, 0.05) is 41.2 Å². The molecular formula is C28H21ClF2N6O2. The molecule has 39 heavy (non-hydrogen) atoms. The van der Waals surface area contributed by atoms with Crippen molar-refractivity contribution in [3.63, 3.8) is 0 Å². The summed E-state index contributed by atoms with van der Waals surface area (Å²) in [5.41, 5.74) is 8.28. The molecule has 3 heterocycles. The third-order valence-corrected chi connectivity index (χ3v) is 6.29. The van der Waals surface area contributed by atoms with E-state index in [1.165, 1.54) is 12.1 Å². The number of pyridine rings is 1. The molecule has 3 aromatic heterocycles. The van der Waals surface area contributed by atoms with Crippen molar-refractivity contribution in [1.29, 1.82) is 0 Å². The lowest BCUT2D eigenvalue weighted by Gasteiger charge is -2.22. The number of primary amides is 1. The number of fused-ring (bicyclic) bond motifs is 1. The molecule has 0 aliphatic heterocycles. The van der Waals surface area contributed by atoms with Crippen molar-refractivity contribution < 1.29 is 18.4 Å². The van der Waals surface area contributed by atoms with E-state index in [0.717, 1.165) is 6.07 Å². The summed E-state index contributed by atoms with van der Waals surface area (Å²) >= 11 is 5.94. The van der Waals surface area contributed by atoms with Crippen molar-refractivity contribution in [2.75, 3.05) is 0 Å². The Hall–Kier alpha value is -4.70. The summed E-state index contributed by atoms with van der Waals surface area (Å²) in [6.45, 7) is -0.107. The van der Waals surface area contributed by atoms with Crippen molar-refractivity contribution in [2.45, 2.75) is 19.0 Å². The van der Waals surface area contributed by atoms with E-state index >= 15 is 0 Å². The first-order chi connectivity index (χ1) is 18.8. The standard InChI is InChI=1S/C28H21ClF2N6O2/c29-28-34-14-19-6-8-37(27(19)36-28)15-24(38)35-23(11-16-9-20(30)13-21(31)10-16)25-22(5-2-7-33-25)17-3-1-4-18(12-17)26(32)39/h1-10,12-14,23H,11,15H2,(H2,32,39)(H,35,38)/t23-/m0/s1. The fourth-order valence-corrected chi connectivity index (χ4v) is 4.56. The van der Waals surface area contributed by atoms with Gasteiger partial charge < -0.3 is 15.6 Å². The van der Waals surface area contributed by atoms with Gasteiger partial charge in [0.15, 0.2) is 0 Å². The Kier molecular flexibility index (Phi) is 7.29. The average Bonchev–Trinajstić information content (AvgIpc) is 3.29. The molecule has 5 rings (SSSR count). The summed E-state index contributed by atoms with van der Waals surface area (Å²) < 4.78 is 29.7. The molecule has 2 aromatic carbocycles. The van der Waals surface area contributed by atoms with Crippen LogP contribution in [0.4, 0.5) is 8.78 Å². The van der Waals surface area contributed by atoms with Crippen LogP contribution >= 0.6 is 11.6 Å². The Balaban J connectivity index is 1.52. The van der Waals surface area contributed by atoms with Gasteiger partial charge in [0.2, 0.25) is 17.1 Å². The molecule has 11 heteroatoms. The fourth-order valence-electron chi connectivity index (χ4n) is 4.43. The van der Waals surface area contributed by atoms with Crippen LogP contribution < -0.4 is 11.1 Å². The predicted octanol–water partition coefficient (Wildman–Crippen LogP) is 4.62. The molecule has 3 N–H and O–H groups in total. The van der Waals surface area contributed by atoms with Crippen LogP contribution in [0.5, 0.6) is 0 Å². The first-order valence-corrected chi connectivity index (χ1v) is 12.2. The molecule has 8 nitrogen and oxygen atoms in total. The summed E-state index contributed by atoms with van der Waals surface area (Å²) in [7, 11) is 0. The van der Waals surface area contributed by atoms with Crippen LogP contribution in [-0.2, 0) is 17.8 Å². The van der Waals surface area contributed by atoms with Gasteiger partial charge in [0.1, 0.15) is 23.8 Å². The zero-order chi connectivity index (χ0) is 27.5. The van der Waals surface area contributed by atoms with E-state index in [-0.39, 0.29) is 18.2 Å². The highest BCUT2D eigenvalue weighted by molar-refractivity contribution is 6.28. The third-order valence-electron chi connectivity index (χ3n) is 6.11. The van der Waals surface area contributed by atoms with E-state index < -0.39 is 29.5 Å². The maximum absolute atomic E-state index is 14.0. The van der Waals surface area contributed by atoms with Crippen LogP contribution in [0.25, 0.3) is 22.2 Å². The topological polar surface area (TPSA) is 116 Å². The molecule has 0 unspecified atom stereocenters.